The number of aryl methyl sites for hydroxylation is 1. The molecule has 0 radical (unpaired) electrons. The summed E-state index contributed by atoms with van der Waals surface area (Å²) in [6, 6.07) is 6.82. The monoisotopic (exact) mass is 295 g/mol. The lowest BCUT2D eigenvalue weighted by atomic mass is 10.2. The topological polar surface area (TPSA) is 55.6 Å². The lowest BCUT2D eigenvalue weighted by Gasteiger charge is -2.07. The van der Waals surface area contributed by atoms with Crippen LogP contribution in [0.1, 0.15) is 18.4 Å². The molecular weight excluding hydrogens is 282 g/mol. The number of halogens is 1. The molecule has 0 amide bonds. The van der Waals surface area contributed by atoms with Crippen molar-refractivity contribution in [2.24, 2.45) is 7.05 Å². The van der Waals surface area contributed by atoms with Gasteiger partial charge < -0.3 is 5.32 Å². The van der Waals surface area contributed by atoms with Gasteiger partial charge in [-0.1, -0.05) is 17.7 Å². The van der Waals surface area contributed by atoms with E-state index in [1.54, 1.807) is 4.68 Å². The summed E-state index contributed by atoms with van der Waals surface area (Å²) in [7, 11) is 1.81. The highest BCUT2D eigenvalue weighted by Crippen LogP contribution is 2.32. The second kappa shape index (κ2) is 5.48. The highest BCUT2D eigenvalue weighted by atomic mass is 35.5. The molecule has 1 aromatic heterocycles. The third-order valence-electron chi connectivity index (χ3n) is 2.95. The van der Waals surface area contributed by atoms with Crippen LogP contribution in [-0.4, -0.2) is 26.2 Å². The van der Waals surface area contributed by atoms with E-state index in [4.69, 9.17) is 11.6 Å². The largest absolute Gasteiger partial charge is 0.310 e. The number of hydrogen-bond acceptors (Lipinski definition) is 5. The van der Waals surface area contributed by atoms with Crippen molar-refractivity contribution in [1.29, 1.82) is 0 Å². The van der Waals surface area contributed by atoms with Gasteiger partial charge in [0.25, 0.3) is 0 Å². The Morgan fingerprint density at radius 1 is 1.47 bits per heavy atom. The van der Waals surface area contributed by atoms with Gasteiger partial charge in [-0.05, 0) is 52.7 Å². The minimum absolute atomic E-state index is 0.706. The fourth-order valence-corrected chi connectivity index (χ4v) is 2.75. The van der Waals surface area contributed by atoms with Crippen LogP contribution in [0.25, 0.3) is 0 Å². The molecule has 1 fully saturated rings. The van der Waals surface area contributed by atoms with Crippen molar-refractivity contribution in [2.45, 2.75) is 35.5 Å². The molecular formula is C12H14ClN5S. The third kappa shape index (κ3) is 3.26. The third-order valence-corrected chi connectivity index (χ3v) is 4.48. The van der Waals surface area contributed by atoms with Gasteiger partial charge in [-0.25, -0.2) is 4.68 Å². The van der Waals surface area contributed by atoms with Crippen LogP contribution in [0.3, 0.4) is 0 Å². The van der Waals surface area contributed by atoms with Gasteiger partial charge >= 0.3 is 0 Å². The Morgan fingerprint density at radius 2 is 2.32 bits per heavy atom. The Hall–Kier alpha value is -1.11. The van der Waals surface area contributed by atoms with Crippen LogP contribution in [-0.2, 0) is 13.6 Å². The summed E-state index contributed by atoms with van der Waals surface area (Å²) < 4.78 is 1.63. The van der Waals surface area contributed by atoms with E-state index in [0.29, 0.717) is 6.04 Å². The fourth-order valence-electron chi connectivity index (χ4n) is 1.69. The highest BCUT2D eigenvalue weighted by molar-refractivity contribution is 7.99. The van der Waals surface area contributed by atoms with Gasteiger partial charge in [-0.3, -0.25) is 0 Å². The standard InChI is InChI=1S/C12H14ClN5S/c1-18-12(15-16-17-18)19-11-5-2-8(6-10(11)13)7-14-9-3-4-9/h2,5-6,9,14H,3-4,7H2,1H3. The summed E-state index contributed by atoms with van der Waals surface area (Å²) in [5.74, 6) is 0. The predicted octanol–water partition coefficient (Wildman–Crippen LogP) is 2.27. The smallest absolute Gasteiger partial charge is 0.213 e. The van der Waals surface area contributed by atoms with Crippen molar-refractivity contribution in [3.8, 4) is 0 Å². The quantitative estimate of drug-likeness (QED) is 0.917. The Labute approximate surface area is 120 Å². The molecule has 0 aliphatic heterocycles. The minimum atomic E-state index is 0.706. The van der Waals surface area contributed by atoms with Crippen molar-refractivity contribution in [3.05, 3.63) is 28.8 Å². The summed E-state index contributed by atoms with van der Waals surface area (Å²) in [4.78, 5) is 0.967. The number of hydrogen-bond donors (Lipinski definition) is 1. The second-order valence-corrected chi connectivity index (χ2v) is 6.02. The van der Waals surface area contributed by atoms with Crippen molar-refractivity contribution in [3.63, 3.8) is 0 Å². The average Bonchev–Trinajstić information content (AvgIpc) is 3.14. The van der Waals surface area contributed by atoms with Crippen LogP contribution in [0, 0.1) is 0 Å². The van der Waals surface area contributed by atoms with Gasteiger partial charge in [-0.2, -0.15) is 0 Å². The second-order valence-electron chi connectivity index (χ2n) is 4.61. The van der Waals surface area contributed by atoms with E-state index in [0.717, 1.165) is 21.6 Å². The molecule has 1 aliphatic rings. The van der Waals surface area contributed by atoms with Gasteiger partial charge in [0, 0.05) is 24.5 Å². The van der Waals surface area contributed by atoms with Gasteiger partial charge in [0.15, 0.2) is 0 Å². The summed E-state index contributed by atoms with van der Waals surface area (Å²) in [5.41, 5.74) is 1.21. The molecule has 19 heavy (non-hydrogen) atoms. The summed E-state index contributed by atoms with van der Waals surface area (Å²) in [6.07, 6.45) is 2.58. The van der Waals surface area contributed by atoms with E-state index in [1.807, 2.05) is 19.2 Å². The molecule has 0 unspecified atom stereocenters. The molecule has 5 nitrogen and oxygen atoms in total. The summed E-state index contributed by atoms with van der Waals surface area (Å²) >= 11 is 7.77. The maximum Gasteiger partial charge on any atom is 0.213 e. The van der Waals surface area contributed by atoms with Crippen LogP contribution < -0.4 is 5.32 Å². The molecule has 1 heterocycles. The van der Waals surface area contributed by atoms with Crippen molar-refractivity contribution >= 4 is 23.4 Å². The Bertz CT molecular complexity index is 581. The first-order chi connectivity index (χ1) is 9.22. The predicted molar refractivity (Wildman–Crippen MR) is 74.2 cm³/mol. The maximum atomic E-state index is 6.30. The van der Waals surface area contributed by atoms with Crippen LogP contribution in [0.4, 0.5) is 0 Å². The van der Waals surface area contributed by atoms with Gasteiger partial charge in [0.1, 0.15) is 0 Å². The number of nitrogens with one attached hydrogen (secondary N) is 1. The molecule has 7 heteroatoms. The molecule has 0 bridgehead atoms. The summed E-state index contributed by atoms with van der Waals surface area (Å²) in [5, 5.41) is 16.3. The zero-order valence-corrected chi connectivity index (χ0v) is 12.1. The average molecular weight is 296 g/mol. The zero-order valence-electron chi connectivity index (χ0n) is 10.5. The summed E-state index contributed by atoms with van der Waals surface area (Å²) in [6.45, 7) is 0.876. The van der Waals surface area contributed by atoms with E-state index in [9.17, 15) is 0 Å². The highest BCUT2D eigenvalue weighted by Gasteiger charge is 2.20. The van der Waals surface area contributed by atoms with E-state index in [1.165, 1.54) is 30.2 Å². The number of aromatic nitrogens is 4. The van der Waals surface area contributed by atoms with Crippen LogP contribution in [0.5, 0.6) is 0 Å². The van der Waals surface area contributed by atoms with Crippen molar-refractivity contribution in [2.75, 3.05) is 0 Å². The Balaban J connectivity index is 1.70. The van der Waals surface area contributed by atoms with Gasteiger partial charge in [0.05, 0.1) is 5.02 Å². The van der Waals surface area contributed by atoms with E-state index in [2.05, 4.69) is 26.9 Å². The van der Waals surface area contributed by atoms with Crippen LogP contribution >= 0.6 is 23.4 Å². The van der Waals surface area contributed by atoms with E-state index in [-0.39, 0.29) is 0 Å². The molecule has 2 aromatic rings. The van der Waals surface area contributed by atoms with Gasteiger partial charge in [0.2, 0.25) is 5.16 Å². The van der Waals surface area contributed by atoms with Crippen molar-refractivity contribution < 1.29 is 0 Å². The first-order valence-electron chi connectivity index (χ1n) is 6.14. The number of nitrogens with zero attached hydrogens (tertiary/aromatic N) is 4. The SMILES string of the molecule is Cn1nnnc1Sc1ccc(CNC2CC2)cc1Cl. The van der Waals surface area contributed by atoms with Crippen molar-refractivity contribution in [1.82, 2.24) is 25.5 Å². The minimum Gasteiger partial charge on any atom is -0.310 e. The first-order valence-corrected chi connectivity index (χ1v) is 7.34. The Morgan fingerprint density at radius 3 is 2.95 bits per heavy atom. The molecule has 100 valence electrons. The van der Waals surface area contributed by atoms with Gasteiger partial charge in [-0.15, -0.1) is 5.10 Å². The molecule has 0 atom stereocenters. The maximum absolute atomic E-state index is 6.30. The molecule has 0 saturated heterocycles. The number of benzene rings is 1. The van der Waals surface area contributed by atoms with E-state index < -0.39 is 0 Å². The number of rotatable bonds is 5. The Kier molecular flexibility index (Phi) is 3.72. The lowest BCUT2D eigenvalue weighted by molar-refractivity contribution is 0.664. The molecule has 1 aromatic carbocycles. The zero-order chi connectivity index (χ0) is 13.2. The number of tetrazole rings is 1. The fraction of sp³-hybridized carbons (Fsp3) is 0.417. The molecule has 1 saturated carbocycles. The lowest BCUT2D eigenvalue weighted by Crippen LogP contribution is -2.15. The van der Waals surface area contributed by atoms with E-state index >= 15 is 0 Å². The molecule has 1 N–H and O–H groups in total. The first kappa shape index (κ1) is 12.9. The normalized spacial score (nSPS) is 14.8. The van der Waals surface area contributed by atoms with Crippen LogP contribution in [0.15, 0.2) is 28.3 Å². The molecule has 0 spiro atoms. The van der Waals surface area contributed by atoms with Crippen LogP contribution in [0.2, 0.25) is 5.02 Å². The molecule has 1 aliphatic carbocycles. The molecule has 3 rings (SSSR count).